The second kappa shape index (κ2) is 8.45. The standard InChI is InChI=1S/C26H27BrCl2N2O6/c1-24(2,3)31-20(33)13-9-8-12-14(17(13)21(31)34)10-25(28)22(35)30(11-27)23(36)26(25,29)19(12)18-15(32)6-5-7-16(18)37-4/h5-8,13-14,17,19,32H,9-11H2,1-4H3/t13-,14+,17-,19+,25+,26-/m0/s1. The Morgan fingerprint density at radius 3 is 2.38 bits per heavy atom. The number of allylic oxidation sites excluding steroid dienone is 2. The molecule has 198 valence electrons. The summed E-state index contributed by atoms with van der Waals surface area (Å²) in [6, 6.07) is 4.65. The van der Waals surface area contributed by atoms with Gasteiger partial charge in [-0.05, 0) is 51.7 Å². The number of rotatable bonds is 3. The fourth-order valence-corrected chi connectivity index (χ4v) is 8.14. The summed E-state index contributed by atoms with van der Waals surface area (Å²) in [4.78, 5) is 52.9. The number of ether oxygens (including phenoxy) is 1. The number of carbonyl (C=O) groups is 4. The van der Waals surface area contributed by atoms with E-state index in [1.807, 2.05) is 6.08 Å². The molecule has 1 N–H and O–H groups in total. The van der Waals surface area contributed by atoms with Crippen molar-refractivity contribution in [1.82, 2.24) is 9.80 Å². The average molecular weight is 614 g/mol. The molecular weight excluding hydrogens is 587 g/mol. The fraction of sp³-hybridized carbons (Fsp3) is 0.538. The predicted octanol–water partition coefficient (Wildman–Crippen LogP) is 3.91. The number of amides is 4. The molecule has 2 heterocycles. The Labute approximate surface area is 233 Å². The number of halogens is 3. The average Bonchev–Trinajstić information content (AvgIpc) is 3.17. The minimum atomic E-state index is -2.00. The number of methoxy groups -OCH3 is 1. The highest BCUT2D eigenvalue weighted by Gasteiger charge is 2.76. The third-order valence-corrected chi connectivity index (χ3v) is 10.2. The van der Waals surface area contributed by atoms with E-state index < -0.39 is 50.8 Å². The molecule has 2 aliphatic carbocycles. The molecule has 4 amide bonds. The van der Waals surface area contributed by atoms with Gasteiger partial charge in [0.15, 0.2) is 9.75 Å². The van der Waals surface area contributed by atoms with Crippen molar-refractivity contribution in [3.05, 3.63) is 35.4 Å². The van der Waals surface area contributed by atoms with E-state index >= 15 is 0 Å². The third-order valence-electron chi connectivity index (χ3n) is 8.24. The van der Waals surface area contributed by atoms with Crippen molar-refractivity contribution < 1.29 is 29.0 Å². The smallest absolute Gasteiger partial charge is 0.254 e. The second-order valence-electron chi connectivity index (χ2n) is 11.1. The van der Waals surface area contributed by atoms with Crippen LogP contribution < -0.4 is 4.74 Å². The summed E-state index contributed by atoms with van der Waals surface area (Å²) in [5, 5.41) is 11.0. The fourth-order valence-electron chi connectivity index (χ4n) is 6.73. The molecule has 11 heteroatoms. The van der Waals surface area contributed by atoms with Gasteiger partial charge in [-0.15, -0.1) is 23.2 Å². The Bertz CT molecular complexity index is 1280. The first-order chi connectivity index (χ1) is 17.3. The first-order valence-electron chi connectivity index (χ1n) is 12.0. The molecule has 3 fully saturated rings. The van der Waals surface area contributed by atoms with Crippen LogP contribution in [0.4, 0.5) is 0 Å². The van der Waals surface area contributed by atoms with Gasteiger partial charge in [-0.2, -0.15) is 0 Å². The van der Waals surface area contributed by atoms with Gasteiger partial charge in [-0.1, -0.05) is 33.6 Å². The van der Waals surface area contributed by atoms with Crippen LogP contribution in [0.25, 0.3) is 0 Å². The van der Waals surface area contributed by atoms with Crippen LogP contribution in [0.15, 0.2) is 29.8 Å². The van der Waals surface area contributed by atoms with E-state index in [1.54, 1.807) is 32.9 Å². The van der Waals surface area contributed by atoms with Crippen molar-refractivity contribution in [2.45, 2.75) is 54.8 Å². The molecule has 1 saturated carbocycles. The number of phenols is 1. The molecule has 0 aromatic heterocycles. The maximum Gasteiger partial charge on any atom is 0.254 e. The molecular formula is C26H27BrCl2N2O6. The summed E-state index contributed by atoms with van der Waals surface area (Å²) in [6.45, 7) is 5.39. The van der Waals surface area contributed by atoms with Gasteiger partial charge in [0.1, 0.15) is 11.5 Å². The van der Waals surface area contributed by atoms with E-state index in [-0.39, 0.29) is 47.2 Å². The van der Waals surface area contributed by atoms with E-state index in [1.165, 1.54) is 18.1 Å². The summed E-state index contributed by atoms with van der Waals surface area (Å²) in [5.41, 5.74) is -0.0479. The number of nitrogens with zero attached hydrogens (tertiary/aromatic N) is 2. The Balaban J connectivity index is 1.77. The summed E-state index contributed by atoms with van der Waals surface area (Å²) < 4.78 is 5.55. The zero-order valence-corrected chi connectivity index (χ0v) is 23.9. The van der Waals surface area contributed by atoms with Crippen molar-refractivity contribution in [2.75, 3.05) is 12.6 Å². The molecule has 0 bridgehead atoms. The Hall–Kier alpha value is -2.10. The molecule has 2 saturated heterocycles. The topological polar surface area (TPSA) is 104 Å². The molecule has 0 spiro atoms. The first kappa shape index (κ1) is 26.5. The lowest BCUT2D eigenvalue weighted by molar-refractivity contribution is -0.146. The number of likely N-dealkylation sites (tertiary alicyclic amines) is 2. The number of carbonyl (C=O) groups excluding carboxylic acids is 4. The molecule has 0 unspecified atom stereocenters. The lowest BCUT2D eigenvalue weighted by Gasteiger charge is -2.51. The van der Waals surface area contributed by atoms with Crippen molar-refractivity contribution in [3.63, 3.8) is 0 Å². The SMILES string of the molecule is COc1cccc(O)c1[C@H]1C2=CC[C@@H]3C(=O)N(C(C)(C)C)C(=O)[C@@H]3[C@@H]2C[C@@]2(Cl)C(=O)N(CBr)C(=O)[C@@]12Cl. The van der Waals surface area contributed by atoms with Gasteiger partial charge in [0, 0.05) is 17.0 Å². The number of alkyl halides is 3. The largest absolute Gasteiger partial charge is 0.508 e. The minimum absolute atomic E-state index is 0.109. The summed E-state index contributed by atoms with van der Waals surface area (Å²) in [7, 11) is 1.42. The zero-order chi connectivity index (χ0) is 27.2. The van der Waals surface area contributed by atoms with E-state index in [9.17, 15) is 24.3 Å². The normalized spacial score (nSPS) is 35.4. The summed E-state index contributed by atoms with van der Waals surface area (Å²) in [5.74, 6) is -5.05. The van der Waals surface area contributed by atoms with Crippen LogP contribution in [-0.4, -0.2) is 66.4 Å². The number of hydrogen-bond donors (Lipinski definition) is 1. The summed E-state index contributed by atoms with van der Waals surface area (Å²) in [6.07, 6.45) is 1.98. The molecule has 6 atom stereocenters. The van der Waals surface area contributed by atoms with Crippen molar-refractivity contribution >= 4 is 62.8 Å². The van der Waals surface area contributed by atoms with Crippen LogP contribution in [0, 0.1) is 17.8 Å². The van der Waals surface area contributed by atoms with Crippen LogP contribution in [0.5, 0.6) is 11.5 Å². The van der Waals surface area contributed by atoms with Crippen LogP contribution in [0.2, 0.25) is 0 Å². The number of phenolic OH excluding ortho intramolecular Hbond substituents is 1. The molecule has 2 aliphatic heterocycles. The van der Waals surface area contributed by atoms with Gasteiger partial charge in [0.25, 0.3) is 11.8 Å². The van der Waals surface area contributed by atoms with Crippen molar-refractivity contribution in [3.8, 4) is 11.5 Å². The molecule has 1 aromatic rings. The minimum Gasteiger partial charge on any atom is -0.508 e. The maximum atomic E-state index is 13.8. The monoisotopic (exact) mass is 612 g/mol. The van der Waals surface area contributed by atoms with Crippen LogP contribution >= 0.6 is 39.1 Å². The highest BCUT2D eigenvalue weighted by molar-refractivity contribution is 9.09. The molecule has 1 aromatic carbocycles. The quantitative estimate of drug-likeness (QED) is 0.240. The second-order valence-corrected chi connectivity index (χ2v) is 12.8. The van der Waals surface area contributed by atoms with Crippen LogP contribution in [0.3, 0.4) is 0 Å². The van der Waals surface area contributed by atoms with Gasteiger partial charge in [0.2, 0.25) is 11.8 Å². The highest BCUT2D eigenvalue weighted by atomic mass is 79.9. The highest BCUT2D eigenvalue weighted by Crippen LogP contribution is 2.67. The number of fused-ring (bicyclic) bond motifs is 4. The van der Waals surface area contributed by atoms with Gasteiger partial charge in [0.05, 0.1) is 24.4 Å². The molecule has 8 nitrogen and oxygen atoms in total. The number of imide groups is 2. The van der Waals surface area contributed by atoms with Crippen molar-refractivity contribution in [2.24, 2.45) is 17.8 Å². The van der Waals surface area contributed by atoms with Gasteiger partial charge < -0.3 is 9.84 Å². The van der Waals surface area contributed by atoms with Gasteiger partial charge >= 0.3 is 0 Å². The zero-order valence-electron chi connectivity index (χ0n) is 20.8. The lowest BCUT2D eigenvalue weighted by Crippen LogP contribution is -2.60. The lowest BCUT2D eigenvalue weighted by atomic mass is 9.56. The number of hydrogen-bond acceptors (Lipinski definition) is 6. The van der Waals surface area contributed by atoms with Crippen LogP contribution in [0.1, 0.15) is 45.1 Å². The van der Waals surface area contributed by atoms with Crippen molar-refractivity contribution in [1.29, 1.82) is 0 Å². The molecule has 0 radical (unpaired) electrons. The molecule has 4 aliphatic rings. The Morgan fingerprint density at radius 1 is 1.11 bits per heavy atom. The number of benzene rings is 1. The van der Waals surface area contributed by atoms with E-state index in [0.29, 0.717) is 5.57 Å². The van der Waals surface area contributed by atoms with E-state index in [2.05, 4.69) is 15.9 Å². The van der Waals surface area contributed by atoms with E-state index in [4.69, 9.17) is 27.9 Å². The van der Waals surface area contributed by atoms with Gasteiger partial charge in [-0.25, -0.2) is 0 Å². The van der Waals surface area contributed by atoms with Gasteiger partial charge in [-0.3, -0.25) is 29.0 Å². The Morgan fingerprint density at radius 2 is 1.78 bits per heavy atom. The summed E-state index contributed by atoms with van der Waals surface area (Å²) >= 11 is 17.5. The maximum absolute atomic E-state index is 13.8. The predicted molar refractivity (Wildman–Crippen MR) is 140 cm³/mol. The Kier molecular flexibility index (Phi) is 6.05. The first-order valence-corrected chi connectivity index (χ1v) is 13.9. The number of aromatic hydroxyl groups is 1. The third kappa shape index (κ3) is 3.26. The molecule has 37 heavy (non-hydrogen) atoms. The molecule has 5 rings (SSSR count). The van der Waals surface area contributed by atoms with Crippen LogP contribution in [-0.2, 0) is 19.2 Å². The van der Waals surface area contributed by atoms with E-state index in [0.717, 1.165) is 4.90 Å².